The Morgan fingerprint density at radius 1 is 0.695 bits per heavy atom. The van der Waals surface area contributed by atoms with E-state index in [2.05, 4.69) is 37.2 Å². The summed E-state index contributed by atoms with van der Waals surface area (Å²) in [5.41, 5.74) is -4.64. The molecule has 2 aliphatic carbocycles. The van der Waals surface area contributed by atoms with Crippen LogP contribution in [0.4, 0.5) is 4.39 Å². The van der Waals surface area contributed by atoms with Crippen molar-refractivity contribution in [3.8, 4) is 0 Å². The van der Waals surface area contributed by atoms with E-state index in [0.717, 1.165) is 57.9 Å². The van der Waals surface area contributed by atoms with Crippen molar-refractivity contribution in [2.24, 2.45) is 11.8 Å². The van der Waals surface area contributed by atoms with Crippen molar-refractivity contribution >= 4 is 59.1 Å². The van der Waals surface area contributed by atoms with E-state index in [4.69, 9.17) is 0 Å². The molecule has 21 nitrogen and oxygen atoms in total. The SMILES string of the molecule is CC(C)CC(C(=O)NC(C)(C)C(=O)NC(C)(C)C(=O)NCCC(=O)NC1(CN(C)C)CCC1)N(C(=O)CNC(=O)C(C)(C)N(C(=O)CNC(=O)[C@H](CCC1CCCCC1)NC(=O)[C@@H]1CCCN1C(=O)c1ccc(F)cc1)C(C)C)C(C)C. The Hall–Kier alpha value is -6.19. The zero-order chi connectivity index (χ0) is 61.5. The number of nitrogens with zero attached hydrogens (tertiary/aromatic N) is 4. The van der Waals surface area contributed by atoms with Crippen molar-refractivity contribution in [3.63, 3.8) is 0 Å². The minimum atomic E-state index is -1.58. The molecule has 3 fully saturated rings. The number of benzene rings is 1. The van der Waals surface area contributed by atoms with Gasteiger partial charge in [-0.1, -0.05) is 46.0 Å². The summed E-state index contributed by atoms with van der Waals surface area (Å²) in [5, 5.41) is 19.7. The lowest BCUT2D eigenvalue weighted by Gasteiger charge is -2.44. The van der Waals surface area contributed by atoms with E-state index in [0.29, 0.717) is 38.1 Å². The molecule has 4 rings (SSSR count). The number of likely N-dealkylation sites (N-methyl/N-ethyl adjacent to an activating group) is 1. The molecule has 460 valence electrons. The highest BCUT2D eigenvalue weighted by molar-refractivity contribution is 6.00. The highest BCUT2D eigenvalue weighted by Crippen LogP contribution is 2.33. The normalized spacial score (nSPS) is 17.3. The van der Waals surface area contributed by atoms with Gasteiger partial charge in [-0.25, -0.2) is 4.39 Å². The first-order valence-electron chi connectivity index (χ1n) is 29.7. The van der Waals surface area contributed by atoms with Gasteiger partial charge < -0.3 is 56.8 Å². The fraction of sp³-hybridized carbons (Fsp3) is 0.733. The average molecular weight is 1150 g/mol. The highest BCUT2D eigenvalue weighted by Gasteiger charge is 2.44. The number of amides is 10. The number of nitrogens with one attached hydrogen (secondary N) is 7. The molecule has 1 unspecified atom stereocenters. The van der Waals surface area contributed by atoms with Crippen molar-refractivity contribution < 1.29 is 52.3 Å². The predicted octanol–water partition coefficient (Wildman–Crippen LogP) is 4.07. The topological polar surface area (TPSA) is 268 Å². The van der Waals surface area contributed by atoms with Gasteiger partial charge in [0.1, 0.15) is 40.6 Å². The zero-order valence-corrected chi connectivity index (χ0v) is 51.5. The highest BCUT2D eigenvalue weighted by atomic mass is 19.1. The van der Waals surface area contributed by atoms with E-state index in [1.807, 2.05) is 32.8 Å². The second-order valence-electron chi connectivity index (χ2n) is 25.8. The van der Waals surface area contributed by atoms with E-state index in [1.54, 1.807) is 27.7 Å². The molecule has 1 aliphatic heterocycles. The Morgan fingerprint density at radius 2 is 1.30 bits per heavy atom. The zero-order valence-electron chi connectivity index (χ0n) is 51.5. The van der Waals surface area contributed by atoms with E-state index < -0.39 is 119 Å². The van der Waals surface area contributed by atoms with Crippen molar-refractivity contribution in [1.29, 1.82) is 0 Å². The summed E-state index contributed by atoms with van der Waals surface area (Å²) in [5.74, 6) is -5.69. The second kappa shape index (κ2) is 29.9. The Morgan fingerprint density at radius 3 is 1.87 bits per heavy atom. The van der Waals surface area contributed by atoms with Crippen LogP contribution < -0.4 is 37.2 Å². The molecule has 22 heteroatoms. The van der Waals surface area contributed by atoms with Crippen molar-refractivity contribution in [1.82, 2.24) is 56.8 Å². The Bertz CT molecular complexity index is 2420. The molecule has 1 heterocycles. The van der Waals surface area contributed by atoms with Crippen LogP contribution in [0.3, 0.4) is 0 Å². The van der Waals surface area contributed by atoms with Gasteiger partial charge in [0.2, 0.25) is 53.2 Å². The lowest BCUT2D eigenvalue weighted by atomic mass is 9.76. The van der Waals surface area contributed by atoms with Crippen molar-refractivity contribution in [2.75, 3.05) is 46.8 Å². The van der Waals surface area contributed by atoms with Gasteiger partial charge >= 0.3 is 0 Å². The largest absolute Gasteiger partial charge is 0.354 e. The van der Waals surface area contributed by atoms with Gasteiger partial charge in [-0.2, -0.15) is 0 Å². The van der Waals surface area contributed by atoms with Gasteiger partial charge in [-0.05, 0) is 171 Å². The fourth-order valence-electron chi connectivity index (χ4n) is 11.6. The van der Waals surface area contributed by atoms with Crippen LogP contribution in [0, 0.1) is 17.7 Å². The lowest BCUT2D eigenvalue weighted by Crippen LogP contribution is -2.65. The van der Waals surface area contributed by atoms with E-state index in [1.165, 1.54) is 80.5 Å². The number of carbonyl (C=O) groups is 10. The van der Waals surface area contributed by atoms with Gasteiger partial charge in [0.25, 0.3) is 5.91 Å². The molecule has 2 saturated carbocycles. The van der Waals surface area contributed by atoms with Crippen LogP contribution >= 0.6 is 0 Å². The van der Waals surface area contributed by atoms with Crippen LogP contribution in [0.2, 0.25) is 0 Å². The molecule has 0 aromatic heterocycles. The van der Waals surface area contributed by atoms with E-state index in [-0.39, 0.29) is 42.3 Å². The first-order valence-corrected chi connectivity index (χ1v) is 29.7. The van der Waals surface area contributed by atoms with Gasteiger partial charge in [-0.15, -0.1) is 0 Å². The number of hydrogen-bond acceptors (Lipinski definition) is 11. The van der Waals surface area contributed by atoms with Crippen LogP contribution in [0.1, 0.15) is 183 Å². The number of hydrogen-bond donors (Lipinski definition) is 7. The third-order valence-electron chi connectivity index (χ3n) is 16.0. The molecule has 0 spiro atoms. The average Bonchev–Trinajstić information content (AvgIpc) is 3.97. The number of likely N-dealkylation sites (tertiary alicyclic amines) is 1. The van der Waals surface area contributed by atoms with Gasteiger partial charge in [0.15, 0.2) is 0 Å². The molecule has 7 N–H and O–H groups in total. The van der Waals surface area contributed by atoms with E-state index >= 15 is 0 Å². The molecule has 82 heavy (non-hydrogen) atoms. The number of rotatable bonds is 29. The van der Waals surface area contributed by atoms with Crippen LogP contribution in [-0.4, -0.2) is 178 Å². The summed E-state index contributed by atoms with van der Waals surface area (Å²) >= 11 is 0. The minimum Gasteiger partial charge on any atom is -0.354 e. The molecule has 3 atom stereocenters. The minimum absolute atomic E-state index is 0.0461. The first kappa shape index (κ1) is 68.3. The third kappa shape index (κ3) is 19.2. The summed E-state index contributed by atoms with van der Waals surface area (Å²) in [6.45, 7) is 19.6. The maximum absolute atomic E-state index is 14.3. The monoisotopic (exact) mass is 1150 g/mol. The van der Waals surface area contributed by atoms with Crippen LogP contribution in [0.25, 0.3) is 0 Å². The predicted molar refractivity (Wildman–Crippen MR) is 311 cm³/mol. The fourth-order valence-corrected chi connectivity index (χ4v) is 11.6. The molecule has 0 bridgehead atoms. The molecule has 1 aromatic carbocycles. The third-order valence-corrected chi connectivity index (χ3v) is 16.0. The maximum Gasteiger partial charge on any atom is 0.254 e. The molecule has 10 amide bonds. The quantitative estimate of drug-likeness (QED) is 0.0601. The molecular weight excluding hydrogens is 1050 g/mol. The van der Waals surface area contributed by atoms with Crippen molar-refractivity contribution in [3.05, 3.63) is 35.6 Å². The standard InChI is InChI=1S/C60H98FN11O10/c1-38(2)34-46(52(78)67-58(9,10)55(81)68-57(7,8)54(80)62-32-29-47(73)66-60(30-19-31-60)37-69(13)14)71(39(3)4)48(74)35-64-56(82)59(11,12)72(40(5)6)49(75)36-63-50(76)44(28-23-41-20-16-15-17-21-41)65-51(77)45-22-18-33-70(45)53(79)42-24-26-43(61)27-25-42/h24-27,38-41,44-46H,15-23,28-37H2,1-14H3,(H,62,80)(H,63,76)(H,64,82)(H,65,77)(H,66,73)(H,67,78)(H,68,81)/t44-,45-,46?/m0/s1. The first-order chi connectivity index (χ1) is 38.2. The summed E-state index contributed by atoms with van der Waals surface area (Å²) in [6, 6.07) is 0.977. The lowest BCUT2D eigenvalue weighted by molar-refractivity contribution is -0.150. The molecule has 0 radical (unpaired) electrons. The van der Waals surface area contributed by atoms with Crippen LogP contribution in [0.15, 0.2) is 24.3 Å². The second-order valence-corrected chi connectivity index (χ2v) is 25.8. The van der Waals surface area contributed by atoms with Crippen LogP contribution in [0.5, 0.6) is 0 Å². The van der Waals surface area contributed by atoms with Crippen LogP contribution in [-0.2, 0) is 43.2 Å². The van der Waals surface area contributed by atoms with E-state index in [9.17, 15) is 52.3 Å². The summed E-state index contributed by atoms with van der Waals surface area (Å²) < 4.78 is 13.7. The molecular formula is C60H98FN11O10. The summed E-state index contributed by atoms with van der Waals surface area (Å²) in [6.07, 6.45) is 10.2. The van der Waals surface area contributed by atoms with Crippen molar-refractivity contribution in [2.45, 2.75) is 225 Å². The Labute approximate surface area is 486 Å². The molecule has 1 saturated heterocycles. The van der Waals surface area contributed by atoms with Gasteiger partial charge in [0.05, 0.1) is 18.6 Å². The van der Waals surface area contributed by atoms with Gasteiger partial charge in [-0.3, -0.25) is 47.9 Å². The summed E-state index contributed by atoms with van der Waals surface area (Å²) in [4.78, 5) is 145. The maximum atomic E-state index is 14.3. The molecule has 3 aliphatic rings. The van der Waals surface area contributed by atoms with Gasteiger partial charge in [0, 0.05) is 43.7 Å². The number of halogens is 1. The smallest absolute Gasteiger partial charge is 0.254 e. The number of carbonyl (C=O) groups excluding carboxylic acids is 10. The summed E-state index contributed by atoms with van der Waals surface area (Å²) in [7, 11) is 3.91. The Kier molecular flexibility index (Phi) is 24.9. The molecule has 1 aromatic rings. The Balaban J connectivity index is 1.39.